The number of methoxy groups -OCH3 is 3. The Hall–Kier alpha value is -2.48. The zero-order valence-corrected chi connectivity index (χ0v) is 14.6. The van der Waals surface area contributed by atoms with Crippen LogP contribution in [0.5, 0.6) is 17.2 Å². The molecule has 0 unspecified atom stereocenters. The lowest BCUT2D eigenvalue weighted by Crippen LogP contribution is -2.46. The highest BCUT2D eigenvalue weighted by molar-refractivity contribution is 5.95. The van der Waals surface area contributed by atoms with E-state index in [1.807, 2.05) is 13.8 Å². The van der Waals surface area contributed by atoms with Crippen LogP contribution in [0.4, 0.5) is 5.69 Å². The lowest BCUT2D eigenvalue weighted by Gasteiger charge is -2.16. The van der Waals surface area contributed by atoms with Crippen molar-refractivity contribution < 1.29 is 23.8 Å². The molecule has 0 aliphatic heterocycles. The van der Waals surface area contributed by atoms with Crippen molar-refractivity contribution in [1.82, 2.24) is 5.32 Å². The van der Waals surface area contributed by atoms with Gasteiger partial charge >= 0.3 is 0 Å². The summed E-state index contributed by atoms with van der Waals surface area (Å²) in [5.74, 6) is 0.479. The zero-order chi connectivity index (χ0) is 18.3. The number of carbonyl (C=O) groups is 2. The molecular formula is C16H25N3O5. The fourth-order valence-electron chi connectivity index (χ4n) is 1.95. The molecule has 1 rings (SSSR count). The van der Waals surface area contributed by atoms with Gasteiger partial charge in [-0.05, 0) is 5.92 Å². The van der Waals surface area contributed by atoms with Gasteiger partial charge in [0.25, 0.3) is 0 Å². The number of anilines is 1. The van der Waals surface area contributed by atoms with Gasteiger partial charge in [0.05, 0.1) is 33.9 Å². The monoisotopic (exact) mass is 339 g/mol. The van der Waals surface area contributed by atoms with Gasteiger partial charge in [-0.3, -0.25) is 9.59 Å². The van der Waals surface area contributed by atoms with E-state index in [0.717, 1.165) is 0 Å². The van der Waals surface area contributed by atoms with Gasteiger partial charge in [-0.2, -0.15) is 0 Å². The second-order valence-electron chi connectivity index (χ2n) is 5.45. The van der Waals surface area contributed by atoms with Crippen molar-refractivity contribution in [2.75, 3.05) is 33.2 Å². The van der Waals surface area contributed by atoms with Crippen LogP contribution in [-0.2, 0) is 9.59 Å². The summed E-state index contributed by atoms with van der Waals surface area (Å²) in [6.07, 6.45) is 0. The predicted molar refractivity (Wildman–Crippen MR) is 90.6 cm³/mol. The average Bonchev–Trinajstić information content (AvgIpc) is 2.57. The lowest BCUT2D eigenvalue weighted by molar-refractivity contribution is -0.125. The number of nitrogens with two attached hydrogens (primary N) is 1. The van der Waals surface area contributed by atoms with E-state index in [-0.39, 0.29) is 18.4 Å². The van der Waals surface area contributed by atoms with Crippen LogP contribution in [0.1, 0.15) is 13.8 Å². The Morgan fingerprint density at radius 2 is 1.62 bits per heavy atom. The first-order valence-corrected chi connectivity index (χ1v) is 7.47. The Balaban J connectivity index is 2.75. The third-order valence-electron chi connectivity index (χ3n) is 3.39. The second kappa shape index (κ2) is 8.97. The minimum atomic E-state index is -0.654. The molecule has 0 saturated carbocycles. The molecule has 0 aliphatic carbocycles. The topological polar surface area (TPSA) is 112 Å². The van der Waals surface area contributed by atoms with Crippen LogP contribution in [0.2, 0.25) is 0 Å². The van der Waals surface area contributed by atoms with E-state index in [9.17, 15) is 9.59 Å². The molecule has 4 N–H and O–H groups in total. The van der Waals surface area contributed by atoms with Crippen LogP contribution in [0.15, 0.2) is 12.1 Å². The second-order valence-corrected chi connectivity index (χ2v) is 5.45. The van der Waals surface area contributed by atoms with E-state index in [1.165, 1.54) is 21.3 Å². The van der Waals surface area contributed by atoms with E-state index in [1.54, 1.807) is 12.1 Å². The van der Waals surface area contributed by atoms with Crippen molar-refractivity contribution >= 4 is 17.5 Å². The minimum Gasteiger partial charge on any atom is -0.493 e. The van der Waals surface area contributed by atoms with Crippen LogP contribution in [0, 0.1) is 5.92 Å². The van der Waals surface area contributed by atoms with Crippen molar-refractivity contribution in [2.24, 2.45) is 11.7 Å². The number of hydrogen-bond acceptors (Lipinski definition) is 6. The average molecular weight is 339 g/mol. The molecule has 24 heavy (non-hydrogen) atoms. The highest BCUT2D eigenvalue weighted by atomic mass is 16.5. The predicted octanol–water partition coefficient (Wildman–Crippen LogP) is 0.750. The van der Waals surface area contributed by atoms with Crippen LogP contribution in [0.3, 0.4) is 0 Å². The molecular weight excluding hydrogens is 314 g/mol. The number of hydrogen-bond donors (Lipinski definition) is 3. The van der Waals surface area contributed by atoms with Crippen molar-refractivity contribution in [3.05, 3.63) is 12.1 Å². The summed E-state index contributed by atoms with van der Waals surface area (Å²) in [5.41, 5.74) is 6.17. The van der Waals surface area contributed by atoms with E-state index >= 15 is 0 Å². The Bertz CT molecular complexity index is 564. The number of carbonyl (C=O) groups excluding carboxylic acids is 2. The molecule has 1 atom stereocenters. The largest absolute Gasteiger partial charge is 0.493 e. The molecule has 8 heteroatoms. The maximum absolute atomic E-state index is 12.0. The Kier molecular flexibility index (Phi) is 7.31. The molecule has 0 spiro atoms. The summed E-state index contributed by atoms with van der Waals surface area (Å²) in [5, 5.41) is 5.16. The Morgan fingerprint density at radius 1 is 1.08 bits per heavy atom. The SMILES string of the molecule is COc1cc(NC(=O)CNC(=O)[C@@H](N)C(C)C)cc(OC)c1OC. The van der Waals surface area contributed by atoms with Gasteiger partial charge in [0.15, 0.2) is 11.5 Å². The first-order valence-electron chi connectivity index (χ1n) is 7.47. The Morgan fingerprint density at radius 3 is 2.04 bits per heavy atom. The molecule has 2 amide bonds. The van der Waals surface area contributed by atoms with Gasteiger partial charge in [-0.1, -0.05) is 13.8 Å². The van der Waals surface area contributed by atoms with Gasteiger partial charge in [-0.15, -0.1) is 0 Å². The molecule has 1 aromatic rings. The van der Waals surface area contributed by atoms with Gasteiger partial charge < -0.3 is 30.6 Å². The molecule has 0 radical (unpaired) electrons. The fraction of sp³-hybridized carbons (Fsp3) is 0.500. The van der Waals surface area contributed by atoms with E-state index in [2.05, 4.69) is 10.6 Å². The van der Waals surface area contributed by atoms with E-state index < -0.39 is 11.9 Å². The number of ether oxygens (including phenoxy) is 3. The molecule has 0 aliphatic rings. The van der Waals surface area contributed by atoms with Gasteiger partial charge in [-0.25, -0.2) is 0 Å². The van der Waals surface area contributed by atoms with Crippen LogP contribution in [0.25, 0.3) is 0 Å². The normalized spacial score (nSPS) is 11.6. The molecule has 0 bridgehead atoms. The third kappa shape index (κ3) is 5.02. The van der Waals surface area contributed by atoms with Crippen LogP contribution >= 0.6 is 0 Å². The smallest absolute Gasteiger partial charge is 0.243 e. The standard InChI is InChI=1S/C16H25N3O5/c1-9(2)14(17)16(21)18-8-13(20)19-10-6-11(22-3)15(24-5)12(7-10)23-4/h6-7,9,14H,8,17H2,1-5H3,(H,18,21)(H,19,20)/t14-/m0/s1. The Labute approximate surface area is 141 Å². The molecule has 0 fully saturated rings. The molecule has 0 saturated heterocycles. The van der Waals surface area contributed by atoms with Gasteiger partial charge in [0.2, 0.25) is 17.6 Å². The molecule has 0 heterocycles. The van der Waals surface area contributed by atoms with Crippen molar-refractivity contribution in [3.63, 3.8) is 0 Å². The third-order valence-corrected chi connectivity index (χ3v) is 3.39. The highest BCUT2D eigenvalue weighted by Gasteiger charge is 2.18. The molecule has 0 aromatic heterocycles. The highest BCUT2D eigenvalue weighted by Crippen LogP contribution is 2.39. The first kappa shape index (κ1) is 19.6. The minimum absolute atomic E-state index is 0.0110. The number of amides is 2. The molecule has 134 valence electrons. The van der Waals surface area contributed by atoms with Gasteiger partial charge in [0, 0.05) is 17.8 Å². The van der Waals surface area contributed by atoms with Crippen LogP contribution in [-0.4, -0.2) is 45.7 Å². The zero-order valence-electron chi connectivity index (χ0n) is 14.6. The number of rotatable bonds is 8. The fourth-order valence-corrected chi connectivity index (χ4v) is 1.95. The van der Waals surface area contributed by atoms with E-state index in [0.29, 0.717) is 22.9 Å². The lowest BCUT2D eigenvalue weighted by atomic mass is 10.1. The summed E-state index contributed by atoms with van der Waals surface area (Å²) >= 11 is 0. The summed E-state index contributed by atoms with van der Waals surface area (Å²) in [6, 6.07) is 2.54. The van der Waals surface area contributed by atoms with Crippen molar-refractivity contribution in [2.45, 2.75) is 19.9 Å². The summed E-state index contributed by atoms with van der Waals surface area (Å²) in [6.45, 7) is 3.48. The molecule has 1 aromatic carbocycles. The maximum atomic E-state index is 12.0. The van der Waals surface area contributed by atoms with Crippen molar-refractivity contribution in [1.29, 1.82) is 0 Å². The first-order chi connectivity index (χ1) is 11.3. The molecule has 8 nitrogen and oxygen atoms in total. The summed E-state index contributed by atoms with van der Waals surface area (Å²) in [7, 11) is 4.46. The maximum Gasteiger partial charge on any atom is 0.243 e. The van der Waals surface area contributed by atoms with Crippen LogP contribution < -0.4 is 30.6 Å². The van der Waals surface area contributed by atoms with Gasteiger partial charge in [0.1, 0.15) is 0 Å². The summed E-state index contributed by atoms with van der Waals surface area (Å²) < 4.78 is 15.6. The quantitative estimate of drug-likeness (QED) is 0.644. The number of benzene rings is 1. The van der Waals surface area contributed by atoms with Crippen molar-refractivity contribution in [3.8, 4) is 17.2 Å². The summed E-state index contributed by atoms with van der Waals surface area (Å²) in [4.78, 5) is 23.7. The van der Waals surface area contributed by atoms with E-state index in [4.69, 9.17) is 19.9 Å². The number of nitrogens with one attached hydrogen (secondary N) is 2.